The summed E-state index contributed by atoms with van der Waals surface area (Å²) < 4.78 is 0. The van der Waals surface area contributed by atoms with Crippen LogP contribution >= 0.6 is 0 Å². The molecule has 6 heteroatoms. The molecule has 0 aromatic heterocycles. The van der Waals surface area contributed by atoms with E-state index in [1.807, 2.05) is 0 Å². The van der Waals surface area contributed by atoms with Crippen molar-refractivity contribution >= 4 is 17.5 Å². The number of nitrogens with one attached hydrogen (secondary N) is 3. The van der Waals surface area contributed by atoms with Gasteiger partial charge in [0.05, 0.1) is 6.54 Å². The number of carbonyl (C=O) groups is 2. The summed E-state index contributed by atoms with van der Waals surface area (Å²) in [6, 6.07) is 6.92. The van der Waals surface area contributed by atoms with Gasteiger partial charge in [-0.25, -0.2) is 0 Å². The van der Waals surface area contributed by atoms with E-state index < -0.39 is 0 Å². The second-order valence-corrected chi connectivity index (χ2v) is 4.73. The van der Waals surface area contributed by atoms with Gasteiger partial charge in [0.2, 0.25) is 5.91 Å². The molecule has 2 amide bonds. The molecular formula is C14H20N4O2. The molecule has 1 aliphatic heterocycles. The molecule has 2 rings (SSSR count). The lowest BCUT2D eigenvalue weighted by atomic mass is 10.2. The predicted molar refractivity (Wildman–Crippen MR) is 77.8 cm³/mol. The predicted octanol–water partition coefficient (Wildman–Crippen LogP) is -0.110. The number of hydrogen-bond acceptors (Lipinski definition) is 4. The van der Waals surface area contributed by atoms with Gasteiger partial charge < -0.3 is 16.0 Å². The van der Waals surface area contributed by atoms with E-state index in [0.717, 1.165) is 26.2 Å². The summed E-state index contributed by atoms with van der Waals surface area (Å²) in [5.41, 5.74) is 1.18. The van der Waals surface area contributed by atoms with Crippen LogP contribution in [0.2, 0.25) is 0 Å². The Balaban J connectivity index is 1.91. The summed E-state index contributed by atoms with van der Waals surface area (Å²) in [4.78, 5) is 25.6. The topological polar surface area (TPSA) is 73.5 Å². The Morgan fingerprint density at radius 1 is 1.30 bits per heavy atom. The van der Waals surface area contributed by atoms with Gasteiger partial charge in [-0.05, 0) is 18.2 Å². The van der Waals surface area contributed by atoms with Crippen molar-refractivity contribution in [1.29, 1.82) is 0 Å². The van der Waals surface area contributed by atoms with Crippen LogP contribution in [0.5, 0.6) is 0 Å². The van der Waals surface area contributed by atoms with Crippen LogP contribution in [-0.2, 0) is 4.79 Å². The van der Waals surface area contributed by atoms with E-state index in [0.29, 0.717) is 17.8 Å². The zero-order valence-electron chi connectivity index (χ0n) is 11.6. The number of rotatable bonds is 4. The number of anilines is 1. The lowest BCUT2D eigenvalue weighted by molar-refractivity contribution is -0.117. The van der Waals surface area contributed by atoms with E-state index in [1.54, 1.807) is 31.3 Å². The van der Waals surface area contributed by atoms with Crippen molar-refractivity contribution in [2.24, 2.45) is 0 Å². The Bertz CT molecular complexity index is 484. The second kappa shape index (κ2) is 7.02. The van der Waals surface area contributed by atoms with Crippen molar-refractivity contribution < 1.29 is 9.59 Å². The van der Waals surface area contributed by atoms with Gasteiger partial charge in [-0.2, -0.15) is 0 Å². The molecule has 6 nitrogen and oxygen atoms in total. The largest absolute Gasteiger partial charge is 0.355 e. The quantitative estimate of drug-likeness (QED) is 0.717. The molecular weight excluding hydrogens is 256 g/mol. The van der Waals surface area contributed by atoms with E-state index in [-0.39, 0.29) is 11.8 Å². The van der Waals surface area contributed by atoms with E-state index in [1.165, 1.54) is 0 Å². The summed E-state index contributed by atoms with van der Waals surface area (Å²) in [5.74, 6) is -0.218. The van der Waals surface area contributed by atoms with Crippen LogP contribution in [0.3, 0.4) is 0 Å². The van der Waals surface area contributed by atoms with Crippen LogP contribution in [0.1, 0.15) is 10.4 Å². The third-order valence-electron chi connectivity index (χ3n) is 3.21. The van der Waals surface area contributed by atoms with Gasteiger partial charge in [0, 0.05) is 44.5 Å². The molecule has 0 spiro atoms. The normalized spacial score (nSPS) is 15.7. The average Bonchev–Trinajstić information content (AvgIpc) is 2.47. The summed E-state index contributed by atoms with van der Waals surface area (Å²) in [5, 5.41) is 8.63. The zero-order valence-corrected chi connectivity index (χ0v) is 11.6. The molecule has 108 valence electrons. The highest BCUT2D eigenvalue weighted by molar-refractivity contribution is 5.97. The lowest BCUT2D eigenvalue weighted by Gasteiger charge is -2.26. The lowest BCUT2D eigenvalue weighted by Crippen LogP contribution is -2.46. The molecule has 0 saturated carbocycles. The number of hydrogen-bond donors (Lipinski definition) is 3. The highest BCUT2D eigenvalue weighted by atomic mass is 16.2. The molecule has 1 heterocycles. The smallest absolute Gasteiger partial charge is 0.251 e. The van der Waals surface area contributed by atoms with Gasteiger partial charge in [0.1, 0.15) is 0 Å². The van der Waals surface area contributed by atoms with Gasteiger partial charge in [-0.3, -0.25) is 14.5 Å². The minimum Gasteiger partial charge on any atom is -0.355 e. The molecule has 0 aliphatic carbocycles. The molecule has 20 heavy (non-hydrogen) atoms. The molecule has 0 radical (unpaired) electrons. The van der Waals surface area contributed by atoms with Crippen LogP contribution in [0.25, 0.3) is 0 Å². The zero-order chi connectivity index (χ0) is 14.4. The summed E-state index contributed by atoms with van der Waals surface area (Å²) in [6.45, 7) is 3.97. The Morgan fingerprint density at radius 2 is 2.05 bits per heavy atom. The van der Waals surface area contributed by atoms with Gasteiger partial charge in [0.15, 0.2) is 0 Å². The van der Waals surface area contributed by atoms with E-state index in [4.69, 9.17) is 0 Å². The number of amides is 2. The Hall–Kier alpha value is -1.92. The highest BCUT2D eigenvalue weighted by Gasteiger charge is 2.13. The monoisotopic (exact) mass is 276 g/mol. The van der Waals surface area contributed by atoms with Crippen LogP contribution in [0.15, 0.2) is 24.3 Å². The number of piperazine rings is 1. The van der Waals surface area contributed by atoms with Crippen molar-refractivity contribution in [1.82, 2.24) is 15.5 Å². The molecule has 1 aromatic carbocycles. The number of nitrogens with zero attached hydrogens (tertiary/aromatic N) is 1. The molecule has 0 bridgehead atoms. The van der Waals surface area contributed by atoms with Crippen LogP contribution in [0, 0.1) is 0 Å². The standard InChI is InChI=1S/C14H20N4O2/c1-15-14(20)11-3-2-4-12(9-11)17-13(19)10-18-7-5-16-6-8-18/h2-4,9,16H,5-8,10H2,1H3,(H,15,20)(H,17,19). The first kappa shape index (κ1) is 14.5. The van der Waals surface area contributed by atoms with E-state index in [2.05, 4.69) is 20.9 Å². The fourth-order valence-electron chi connectivity index (χ4n) is 2.16. The Labute approximate surface area is 118 Å². The van der Waals surface area contributed by atoms with Crippen molar-refractivity contribution in [2.45, 2.75) is 0 Å². The molecule has 3 N–H and O–H groups in total. The summed E-state index contributed by atoms with van der Waals surface area (Å²) in [7, 11) is 1.58. The molecule has 1 saturated heterocycles. The maximum Gasteiger partial charge on any atom is 0.251 e. The number of carbonyl (C=O) groups excluding carboxylic acids is 2. The van der Waals surface area contributed by atoms with Gasteiger partial charge in [0.25, 0.3) is 5.91 Å². The Kier molecular flexibility index (Phi) is 5.09. The highest BCUT2D eigenvalue weighted by Crippen LogP contribution is 2.10. The molecule has 0 atom stereocenters. The molecule has 1 fully saturated rings. The van der Waals surface area contributed by atoms with Crippen molar-refractivity contribution in [3.05, 3.63) is 29.8 Å². The van der Waals surface area contributed by atoms with E-state index >= 15 is 0 Å². The maximum absolute atomic E-state index is 12.0. The van der Waals surface area contributed by atoms with E-state index in [9.17, 15) is 9.59 Å². The fourth-order valence-corrected chi connectivity index (χ4v) is 2.16. The molecule has 1 aromatic rings. The van der Waals surface area contributed by atoms with Crippen molar-refractivity contribution in [2.75, 3.05) is 45.1 Å². The van der Waals surface area contributed by atoms with Crippen molar-refractivity contribution in [3.63, 3.8) is 0 Å². The second-order valence-electron chi connectivity index (χ2n) is 4.73. The SMILES string of the molecule is CNC(=O)c1cccc(NC(=O)CN2CCNCC2)c1. The number of benzene rings is 1. The van der Waals surface area contributed by atoms with Crippen LogP contribution in [-0.4, -0.2) is 56.5 Å². The van der Waals surface area contributed by atoms with Gasteiger partial charge in [-0.1, -0.05) is 6.07 Å². The maximum atomic E-state index is 12.0. The molecule has 1 aliphatic rings. The first-order chi connectivity index (χ1) is 9.69. The third-order valence-corrected chi connectivity index (χ3v) is 3.21. The fraction of sp³-hybridized carbons (Fsp3) is 0.429. The Morgan fingerprint density at radius 3 is 2.75 bits per heavy atom. The first-order valence-corrected chi connectivity index (χ1v) is 6.74. The van der Waals surface area contributed by atoms with Gasteiger partial charge in [-0.15, -0.1) is 0 Å². The minimum absolute atomic E-state index is 0.0547. The minimum atomic E-state index is -0.164. The average molecular weight is 276 g/mol. The summed E-state index contributed by atoms with van der Waals surface area (Å²) >= 11 is 0. The molecule has 0 unspecified atom stereocenters. The van der Waals surface area contributed by atoms with Crippen LogP contribution in [0.4, 0.5) is 5.69 Å². The van der Waals surface area contributed by atoms with Gasteiger partial charge >= 0.3 is 0 Å². The van der Waals surface area contributed by atoms with Crippen molar-refractivity contribution in [3.8, 4) is 0 Å². The summed E-state index contributed by atoms with van der Waals surface area (Å²) in [6.07, 6.45) is 0. The first-order valence-electron chi connectivity index (χ1n) is 6.74. The third kappa shape index (κ3) is 4.04. The van der Waals surface area contributed by atoms with Crippen LogP contribution < -0.4 is 16.0 Å².